The van der Waals surface area contributed by atoms with E-state index in [0.29, 0.717) is 0 Å². The predicted molar refractivity (Wildman–Crippen MR) is 99.8 cm³/mol. The van der Waals surface area contributed by atoms with Crippen molar-refractivity contribution in [2.45, 2.75) is 19.3 Å². The van der Waals surface area contributed by atoms with Crippen molar-refractivity contribution < 1.29 is 0 Å². The van der Waals surface area contributed by atoms with Crippen LogP contribution in [0.25, 0.3) is 5.82 Å². The van der Waals surface area contributed by atoms with Crippen LogP contribution in [0.3, 0.4) is 0 Å². The SMILES string of the molecule is c1cc(N2CCN(c3ncnc4c3CCC4)CC2)nc(-n2cccn2)c1. The topological polar surface area (TPSA) is 63.0 Å². The molecule has 7 nitrogen and oxygen atoms in total. The molecule has 0 N–H and O–H groups in total. The lowest BCUT2D eigenvalue weighted by molar-refractivity contribution is 0.637. The van der Waals surface area contributed by atoms with Gasteiger partial charge in [-0.1, -0.05) is 6.07 Å². The highest BCUT2D eigenvalue weighted by Gasteiger charge is 2.24. The summed E-state index contributed by atoms with van der Waals surface area (Å²) in [5.41, 5.74) is 2.60. The molecule has 1 aliphatic carbocycles. The minimum absolute atomic E-state index is 0.851. The third-order valence-corrected chi connectivity index (χ3v) is 5.21. The van der Waals surface area contributed by atoms with E-state index in [4.69, 9.17) is 4.98 Å². The maximum absolute atomic E-state index is 4.78. The largest absolute Gasteiger partial charge is 0.353 e. The van der Waals surface area contributed by atoms with Gasteiger partial charge in [-0.15, -0.1) is 0 Å². The molecule has 1 saturated heterocycles. The second-order valence-corrected chi connectivity index (χ2v) is 6.75. The summed E-state index contributed by atoms with van der Waals surface area (Å²) >= 11 is 0. The van der Waals surface area contributed by atoms with E-state index in [1.54, 1.807) is 17.2 Å². The summed E-state index contributed by atoms with van der Waals surface area (Å²) in [6, 6.07) is 8.01. The first-order chi connectivity index (χ1) is 12.9. The highest BCUT2D eigenvalue weighted by molar-refractivity contribution is 5.52. The van der Waals surface area contributed by atoms with E-state index in [1.165, 1.54) is 17.7 Å². The Balaban J connectivity index is 1.32. The van der Waals surface area contributed by atoms with Gasteiger partial charge in [0.05, 0.1) is 0 Å². The van der Waals surface area contributed by atoms with Crippen LogP contribution < -0.4 is 9.80 Å². The average Bonchev–Trinajstić information content (AvgIpc) is 3.40. The van der Waals surface area contributed by atoms with E-state index in [-0.39, 0.29) is 0 Å². The van der Waals surface area contributed by atoms with Crippen LogP contribution in [0, 0.1) is 0 Å². The second kappa shape index (κ2) is 6.40. The fraction of sp³-hybridized carbons (Fsp3) is 0.368. The summed E-state index contributed by atoms with van der Waals surface area (Å²) in [7, 11) is 0. The number of hydrogen-bond donors (Lipinski definition) is 0. The van der Waals surface area contributed by atoms with E-state index in [9.17, 15) is 0 Å². The van der Waals surface area contributed by atoms with Crippen LogP contribution in [0.5, 0.6) is 0 Å². The van der Waals surface area contributed by atoms with Gasteiger partial charge in [-0.25, -0.2) is 19.6 Å². The van der Waals surface area contributed by atoms with Crippen LogP contribution in [0.2, 0.25) is 0 Å². The molecule has 5 rings (SSSR count). The van der Waals surface area contributed by atoms with Gasteiger partial charge >= 0.3 is 0 Å². The third kappa shape index (κ3) is 2.69. The molecule has 0 radical (unpaired) electrons. The van der Waals surface area contributed by atoms with Crippen molar-refractivity contribution in [1.29, 1.82) is 0 Å². The van der Waals surface area contributed by atoms with Crippen molar-refractivity contribution in [3.8, 4) is 5.82 Å². The van der Waals surface area contributed by atoms with E-state index in [0.717, 1.165) is 56.5 Å². The molecule has 26 heavy (non-hydrogen) atoms. The van der Waals surface area contributed by atoms with Crippen molar-refractivity contribution in [1.82, 2.24) is 24.7 Å². The molecule has 4 heterocycles. The van der Waals surface area contributed by atoms with Gasteiger partial charge in [-0.2, -0.15) is 5.10 Å². The quantitative estimate of drug-likeness (QED) is 0.721. The molecule has 1 fully saturated rings. The molecule has 0 spiro atoms. The Labute approximate surface area is 152 Å². The molecule has 132 valence electrons. The standard InChI is InChI=1S/C19H21N7/c1-4-15-16(5-1)20-14-21-19(15)25-12-10-24(11-13-25)17-6-2-7-18(23-17)26-9-3-8-22-26/h2-3,6-9,14H,1,4-5,10-13H2. The summed E-state index contributed by atoms with van der Waals surface area (Å²) in [5.74, 6) is 3.00. The van der Waals surface area contributed by atoms with E-state index in [2.05, 4.69) is 30.9 Å². The van der Waals surface area contributed by atoms with Crippen LogP contribution in [-0.2, 0) is 12.8 Å². The van der Waals surface area contributed by atoms with E-state index < -0.39 is 0 Å². The highest BCUT2D eigenvalue weighted by atomic mass is 15.3. The number of piperazine rings is 1. The number of fused-ring (bicyclic) bond motifs is 1. The number of rotatable bonds is 3. The molecular formula is C19H21N7. The first-order valence-corrected chi connectivity index (χ1v) is 9.18. The number of pyridine rings is 1. The van der Waals surface area contributed by atoms with Crippen molar-refractivity contribution in [3.63, 3.8) is 0 Å². The highest BCUT2D eigenvalue weighted by Crippen LogP contribution is 2.28. The Morgan fingerprint density at radius 1 is 0.846 bits per heavy atom. The van der Waals surface area contributed by atoms with Gasteiger partial charge < -0.3 is 9.80 Å². The lowest BCUT2D eigenvalue weighted by atomic mass is 10.2. The summed E-state index contributed by atoms with van der Waals surface area (Å²) in [6.07, 6.45) is 8.81. The predicted octanol–water partition coefficient (Wildman–Crippen LogP) is 1.87. The molecule has 3 aromatic heterocycles. The number of hydrogen-bond acceptors (Lipinski definition) is 6. The Morgan fingerprint density at radius 3 is 2.54 bits per heavy atom. The summed E-state index contributed by atoms with van der Waals surface area (Å²) in [6.45, 7) is 3.79. The Kier molecular flexibility index (Phi) is 3.77. The van der Waals surface area contributed by atoms with Crippen LogP contribution >= 0.6 is 0 Å². The van der Waals surface area contributed by atoms with Crippen molar-refractivity contribution in [3.05, 3.63) is 54.2 Å². The van der Waals surface area contributed by atoms with Gasteiger partial charge in [0.15, 0.2) is 5.82 Å². The maximum Gasteiger partial charge on any atom is 0.155 e. The normalized spacial score (nSPS) is 16.8. The molecule has 1 aliphatic heterocycles. The smallest absolute Gasteiger partial charge is 0.155 e. The van der Waals surface area contributed by atoms with Crippen molar-refractivity contribution in [2.24, 2.45) is 0 Å². The monoisotopic (exact) mass is 347 g/mol. The van der Waals surface area contributed by atoms with Gasteiger partial charge in [0.25, 0.3) is 0 Å². The fourth-order valence-corrected chi connectivity index (χ4v) is 3.88. The number of aryl methyl sites for hydroxylation is 1. The summed E-state index contributed by atoms with van der Waals surface area (Å²) in [4.78, 5) is 18.6. The van der Waals surface area contributed by atoms with Crippen molar-refractivity contribution >= 4 is 11.6 Å². The molecule has 0 saturated carbocycles. The Hall–Kier alpha value is -2.96. The molecule has 7 heteroatoms. The van der Waals surface area contributed by atoms with Gasteiger partial charge in [0.2, 0.25) is 0 Å². The molecule has 0 unspecified atom stereocenters. The van der Waals surface area contributed by atoms with Crippen molar-refractivity contribution in [2.75, 3.05) is 36.0 Å². The molecule has 2 aliphatic rings. The van der Waals surface area contributed by atoms with Gasteiger partial charge in [-0.05, 0) is 37.5 Å². The average molecular weight is 347 g/mol. The first-order valence-electron chi connectivity index (χ1n) is 9.18. The second-order valence-electron chi connectivity index (χ2n) is 6.75. The van der Waals surface area contributed by atoms with Gasteiger partial charge in [0, 0.05) is 49.8 Å². The first kappa shape index (κ1) is 15.3. The molecular weight excluding hydrogens is 326 g/mol. The Bertz CT molecular complexity index is 898. The molecule has 0 aromatic carbocycles. The van der Waals surface area contributed by atoms with E-state index >= 15 is 0 Å². The molecule has 0 amide bonds. The van der Waals surface area contributed by atoms with E-state index in [1.807, 2.05) is 24.4 Å². The number of aromatic nitrogens is 5. The van der Waals surface area contributed by atoms with Crippen LogP contribution in [0.15, 0.2) is 43.0 Å². The fourth-order valence-electron chi connectivity index (χ4n) is 3.88. The Morgan fingerprint density at radius 2 is 1.69 bits per heavy atom. The molecule has 3 aromatic rings. The molecule has 0 atom stereocenters. The molecule has 0 bridgehead atoms. The van der Waals surface area contributed by atoms with Crippen LogP contribution in [0.4, 0.5) is 11.6 Å². The van der Waals surface area contributed by atoms with Crippen LogP contribution in [-0.4, -0.2) is 50.9 Å². The minimum Gasteiger partial charge on any atom is -0.353 e. The van der Waals surface area contributed by atoms with Crippen LogP contribution in [0.1, 0.15) is 17.7 Å². The number of nitrogens with zero attached hydrogens (tertiary/aromatic N) is 7. The number of anilines is 2. The third-order valence-electron chi connectivity index (χ3n) is 5.21. The zero-order chi connectivity index (χ0) is 17.3. The zero-order valence-corrected chi connectivity index (χ0v) is 14.6. The summed E-state index contributed by atoms with van der Waals surface area (Å²) in [5, 5.41) is 4.27. The zero-order valence-electron chi connectivity index (χ0n) is 14.6. The summed E-state index contributed by atoms with van der Waals surface area (Å²) < 4.78 is 1.80. The van der Waals surface area contributed by atoms with Gasteiger partial charge in [-0.3, -0.25) is 0 Å². The minimum atomic E-state index is 0.851. The lowest BCUT2D eigenvalue weighted by Crippen LogP contribution is -2.47. The lowest BCUT2D eigenvalue weighted by Gasteiger charge is -2.36. The van der Waals surface area contributed by atoms with Gasteiger partial charge in [0.1, 0.15) is 18.0 Å². The maximum atomic E-state index is 4.78.